The van der Waals surface area contributed by atoms with Crippen LogP contribution in [-0.2, 0) is 9.59 Å². The van der Waals surface area contributed by atoms with E-state index in [1.54, 1.807) is 19.1 Å². The van der Waals surface area contributed by atoms with E-state index in [1.807, 2.05) is 50.2 Å². The first kappa shape index (κ1) is 20.9. The van der Waals surface area contributed by atoms with Crippen LogP contribution in [0.1, 0.15) is 45.4 Å². The minimum absolute atomic E-state index is 0.0913. The third-order valence-corrected chi connectivity index (χ3v) is 5.39. The molecule has 0 bridgehead atoms. The van der Waals surface area contributed by atoms with E-state index in [1.165, 1.54) is 0 Å². The summed E-state index contributed by atoms with van der Waals surface area (Å²) in [6.07, 6.45) is 1.41. The third-order valence-electron chi connectivity index (χ3n) is 5.39. The van der Waals surface area contributed by atoms with Gasteiger partial charge in [0.1, 0.15) is 17.6 Å². The van der Waals surface area contributed by atoms with E-state index in [0.29, 0.717) is 12.1 Å². The lowest BCUT2D eigenvalue weighted by Gasteiger charge is -2.15. The van der Waals surface area contributed by atoms with Crippen molar-refractivity contribution in [2.45, 2.75) is 51.7 Å². The Balaban J connectivity index is 1.24. The van der Waals surface area contributed by atoms with E-state index in [4.69, 9.17) is 4.74 Å². The normalized spacial score (nSPS) is 18.6. The number of fused-ring (bicyclic) bond motifs is 1. The number of nitrogens with zero attached hydrogens (tertiary/aromatic N) is 1. The molecule has 1 heterocycles. The Morgan fingerprint density at radius 3 is 2.58 bits per heavy atom. The van der Waals surface area contributed by atoms with Crippen LogP contribution < -0.4 is 15.4 Å². The first-order valence-electron chi connectivity index (χ1n) is 10.7. The van der Waals surface area contributed by atoms with Crippen molar-refractivity contribution in [2.24, 2.45) is 5.92 Å². The first-order chi connectivity index (χ1) is 14.9. The van der Waals surface area contributed by atoms with Gasteiger partial charge in [-0.05, 0) is 69.5 Å². The highest BCUT2D eigenvalue weighted by molar-refractivity contribution is 5.97. The quantitative estimate of drug-likeness (QED) is 0.513. The molecule has 0 aliphatic heterocycles. The van der Waals surface area contributed by atoms with Gasteiger partial charge in [0.05, 0.1) is 17.1 Å². The zero-order valence-electron chi connectivity index (χ0n) is 18.0. The number of aromatic nitrogens is 2. The van der Waals surface area contributed by atoms with Crippen LogP contribution in [0.5, 0.6) is 5.75 Å². The highest BCUT2D eigenvalue weighted by Gasteiger charge is 2.42. The molecular weight excluding hydrogens is 392 g/mol. The fraction of sp³-hybridized carbons (Fsp3) is 0.375. The predicted molar refractivity (Wildman–Crippen MR) is 120 cm³/mol. The lowest BCUT2D eigenvalue weighted by atomic mass is 10.2. The topological polar surface area (TPSA) is 96.1 Å². The van der Waals surface area contributed by atoms with Crippen molar-refractivity contribution < 1.29 is 14.3 Å². The molecule has 31 heavy (non-hydrogen) atoms. The number of carbonyl (C=O) groups is 2. The number of imidazole rings is 1. The van der Waals surface area contributed by atoms with Gasteiger partial charge >= 0.3 is 0 Å². The van der Waals surface area contributed by atoms with Gasteiger partial charge < -0.3 is 20.4 Å². The molecule has 3 aromatic rings. The largest absolute Gasteiger partial charge is 0.491 e. The maximum Gasteiger partial charge on any atom is 0.246 e. The number of hydrogen-bond acceptors (Lipinski definition) is 4. The van der Waals surface area contributed by atoms with E-state index in [2.05, 4.69) is 20.6 Å². The molecule has 1 unspecified atom stereocenters. The lowest BCUT2D eigenvalue weighted by molar-refractivity contribution is -0.126. The van der Waals surface area contributed by atoms with Gasteiger partial charge in [-0.25, -0.2) is 4.98 Å². The van der Waals surface area contributed by atoms with Gasteiger partial charge in [-0.1, -0.05) is 12.1 Å². The van der Waals surface area contributed by atoms with E-state index in [9.17, 15) is 9.59 Å². The molecule has 7 heteroatoms. The Morgan fingerprint density at radius 2 is 1.87 bits per heavy atom. The van der Waals surface area contributed by atoms with Gasteiger partial charge in [-0.2, -0.15) is 0 Å². The molecule has 2 aromatic carbocycles. The lowest BCUT2D eigenvalue weighted by Crippen LogP contribution is -2.41. The van der Waals surface area contributed by atoms with Gasteiger partial charge in [-0.15, -0.1) is 0 Å². The average Bonchev–Trinajstić information content (AvgIpc) is 3.34. The van der Waals surface area contributed by atoms with Crippen LogP contribution in [-0.4, -0.2) is 33.9 Å². The second-order valence-corrected chi connectivity index (χ2v) is 8.42. The van der Waals surface area contributed by atoms with Gasteiger partial charge in [0.25, 0.3) is 0 Å². The van der Waals surface area contributed by atoms with Crippen LogP contribution >= 0.6 is 0 Å². The fourth-order valence-corrected chi connectivity index (χ4v) is 3.70. The zero-order chi connectivity index (χ0) is 22.0. The minimum atomic E-state index is -0.623. The van der Waals surface area contributed by atoms with Crippen LogP contribution in [0.15, 0.2) is 48.5 Å². The second kappa shape index (κ2) is 8.79. The standard InChI is InChI=1S/C24H28N4O3/c1-14(2)31-18-10-8-17(9-11-18)26-24(30)15(3)25-22(29)13-16-12-19(16)23-27-20-6-4-5-7-21(20)28-23/h4-11,14-16,19H,12-13H2,1-3H3,(H,25,29)(H,26,30)(H,27,28)/t15?,16-,19+/m0/s1. The maximum atomic E-state index is 12.4. The van der Waals surface area contributed by atoms with Crippen molar-refractivity contribution in [2.75, 3.05) is 5.32 Å². The Labute approximate surface area is 181 Å². The summed E-state index contributed by atoms with van der Waals surface area (Å²) in [5.41, 5.74) is 2.62. The van der Waals surface area contributed by atoms with E-state index < -0.39 is 6.04 Å². The smallest absolute Gasteiger partial charge is 0.246 e. The van der Waals surface area contributed by atoms with Crippen molar-refractivity contribution in [3.05, 3.63) is 54.4 Å². The SMILES string of the molecule is CC(C)Oc1ccc(NC(=O)C(C)NC(=O)C[C@@H]2C[C@H]2c2nc3ccccc3[nH]2)cc1. The average molecular weight is 421 g/mol. The molecule has 7 nitrogen and oxygen atoms in total. The Hall–Kier alpha value is -3.35. The molecule has 2 amide bonds. The summed E-state index contributed by atoms with van der Waals surface area (Å²) in [5, 5.41) is 5.62. The van der Waals surface area contributed by atoms with E-state index in [-0.39, 0.29) is 29.8 Å². The Bertz CT molecular complexity index is 1040. The van der Waals surface area contributed by atoms with E-state index >= 15 is 0 Å². The number of nitrogens with one attached hydrogen (secondary N) is 3. The summed E-state index contributed by atoms with van der Waals surface area (Å²) in [4.78, 5) is 32.8. The first-order valence-corrected chi connectivity index (χ1v) is 10.7. The molecule has 162 valence electrons. The molecule has 1 aromatic heterocycles. The highest BCUT2D eigenvalue weighted by atomic mass is 16.5. The maximum absolute atomic E-state index is 12.4. The molecule has 3 atom stereocenters. The van der Waals surface area contributed by atoms with Crippen molar-refractivity contribution >= 4 is 28.5 Å². The molecule has 0 radical (unpaired) electrons. The number of carbonyl (C=O) groups excluding carboxylic acids is 2. The van der Waals surface area contributed by atoms with E-state index in [0.717, 1.165) is 29.0 Å². The van der Waals surface area contributed by atoms with Crippen LogP contribution in [0.25, 0.3) is 11.0 Å². The van der Waals surface area contributed by atoms with Crippen molar-refractivity contribution in [3.8, 4) is 5.75 Å². The Kier molecular flexibility index (Phi) is 5.93. The summed E-state index contributed by atoms with van der Waals surface area (Å²) < 4.78 is 5.60. The number of benzene rings is 2. The second-order valence-electron chi connectivity index (χ2n) is 8.42. The van der Waals surface area contributed by atoms with Crippen LogP contribution in [0, 0.1) is 5.92 Å². The summed E-state index contributed by atoms with van der Waals surface area (Å²) in [6.45, 7) is 5.61. The number of hydrogen-bond donors (Lipinski definition) is 3. The number of anilines is 1. The summed E-state index contributed by atoms with van der Waals surface area (Å²) >= 11 is 0. The van der Waals surface area contributed by atoms with Gasteiger partial charge in [0.15, 0.2) is 0 Å². The number of ether oxygens (including phenoxy) is 1. The summed E-state index contributed by atoms with van der Waals surface area (Å²) in [6, 6.07) is 14.5. The van der Waals surface area contributed by atoms with Gasteiger partial charge in [0, 0.05) is 18.0 Å². The van der Waals surface area contributed by atoms with Gasteiger partial charge in [-0.3, -0.25) is 9.59 Å². The molecule has 1 fully saturated rings. The number of rotatable bonds is 8. The van der Waals surface area contributed by atoms with Crippen LogP contribution in [0.2, 0.25) is 0 Å². The molecule has 0 saturated heterocycles. The molecule has 1 saturated carbocycles. The number of amides is 2. The number of para-hydroxylation sites is 2. The molecule has 0 spiro atoms. The number of H-pyrrole nitrogens is 1. The third kappa shape index (κ3) is 5.23. The minimum Gasteiger partial charge on any atom is -0.491 e. The monoisotopic (exact) mass is 420 g/mol. The summed E-state index contributed by atoms with van der Waals surface area (Å²) in [5.74, 6) is 1.84. The summed E-state index contributed by atoms with van der Waals surface area (Å²) in [7, 11) is 0. The molecule has 1 aliphatic carbocycles. The van der Waals surface area contributed by atoms with Crippen molar-refractivity contribution in [3.63, 3.8) is 0 Å². The molecule has 3 N–H and O–H groups in total. The van der Waals surface area contributed by atoms with Crippen LogP contribution in [0.4, 0.5) is 5.69 Å². The van der Waals surface area contributed by atoms with Crippen LogP contribution in [0.3, 0.4) is 0 Å². The van der Waals surface area contributed by atoms with Gasteiger partial charge in [0.2, 0.25) is 11.8 Å². The fourth-order valence-electron chi connectivity index (χ4n) is 3.70. The Morgan fingerprint density at radius 1 is 1.13 bits per heavy atom. The predicted octanol–water partition coefficient (Wildman–Crippen LogP) is 3.99. The zero-order valence-corrected chi connectivity index (χ0v) is 18.0. The molecular formula is C24H28N4O3. The molecule has 1 aliphatic rings. The highest BCUT2D eigenvalue weighted by Crippen LogP contribution is 2.48. The number of aromatic amines is 1. The molecule has 4 rings (SSSR count). The van der Waals surface area contributed by atoms with Crippen molar-refractivity contribution in [1.29, 1.82) is 0 Å². The van der Waals surface area contributed by atoms with Crippen molar-refractivity contribution in [1.82, 2.24) is 15.3 Å².